The van der Waals surface area contributed by atoms with Crippen molar-refractivity contribution in [3.05, 3.63) is 34.8 Å². The molecule has 0 fully saturated rings. The third-order valence-electron chi connectivity index (χ3n) is 2.48. The van der Waals surface area contributed by atoms with Gasteiger partial charge in [0.15, 0.2) is 17.2 Å². The zero-order chi connectivity index (χ0) is 12.4. The van der Waals surface area contributed by atoms with Gasteiger partial charge < -0.3 is 14.8 Å². The number of aromatic nitrogens is 2. The number of nitrogens with zero attached hydrogens (tertiary/aromatic N) is 2. The summed E-state index contributed by atoms with van der Waals surface area (Å²) in [6.45, 7) is 0.655. The summed E-state index contributed by atoms with van der Waals surface area (Å²) in [4.78, 5) is 11.6. The fraction of sp³-hybridized carbons (Fsp3) is 0.182. The minimum atomic E-state index is -0.235. The van der Waals surface area contributed by atoms with E-state index in [0.29, 0.717) is 18.0 Å². The molecule has 1 aromatic carbocycles. The molecule has 7 heteroatoms. The highest BCUT2D eigenvalue weighted by Crippen LogP contribution is 2.32. The summed E-state index contributed by atoms with van der Waals surface area (Å²) in [5.74, 6) is 1.20. The maximum absolute atomic E-state index is 11.6. The predicted octanol–water partition coefficient (Wildman–Crippen LogP) is 1.20. The molecule has 1 aromatic heterocycles. The molecule has 1 amide bonds. The maximum Gasteiger partial charge on any atom is 0.273 e. The first-order chi connectivity index (χ1) is 8.83. The molecule has 0 saturated heterocycles. The Morgan fingerprint density at radius 3 is 3.11 bits per heavy atom. The minimum Gasteiger partial charge on any atom is -0.454 e. The summed E-state index contributed by atoms with van der Waals surface area (Å²) in [6, 6.07) is 5.56. The van der Waals surface area contributed by atoms with Gasteiger partial charge in [-0.1, -0.05) is 10.6 Å². The molecule has 0 atom stereocenters. The van der Waals surface area contributed by atoms with Gasteiger partial charge in [-0.2, -0.15) is 0 Å². The molecule has 0 aliphatic carbocycles. The first kappa shape index (κ1) is 11.0. The molecule has 92 valence electrons. The second-order valence-corrected chi connectivity index (χ2v) is 4.27. The number of ether oxygens (including phenoxy) is 2. The molecule has 3 rings (SSSR count). The fourth-order valence-corrected chi connectivity index (χ4v) is 2.02. The topological polar surface area (TPSA) is 73.3 Å². The molecular formula is C11H9N3O3S. The fourth-order valence-electron chi connectivity index (χ4n) is 1.59. The quantitative estimate of drug-likeness (QED) is 0.900. The number of hydrogen-bond acceptors (Lipinski definition) is 6. The maximum atomic E-state index is 11.6. The molecule has 0 spiro atoms. The number of nitrogens with one attached hydrogen (secondary N) is 1. The Hall–Kier alpha value is -2.15. The minimum absolute atomic E-state index is 0.235. The molecular weight excluding hydrogens is 254 g/mol. The summed E-state index contributed by atoms with van der Waals surface area (Å²) in [5.41, 5.74) is 1.27. The third kappa shape index (κ3) is 2.12. The highest BCUT2D eigenvalue weighted by molar-refractivity contribution is 7.03. The van der Waals surface area contributed by atoms with Crippen LogP contribution in [0.2, 0.25) is 0 Å². The van der Waals surface area contributed by atoms with Gasteiger partial charge in [-0.15, -0.1) is 5.10 Å². The Kier molecular flexibility index (Phi) is 2.81. The Labute approximate surface area is 107 Å². The molecule has 0 saturated carbocycles. The number of hydrogen-bond donors (Lipinski definition) is 1. The average molecular weight is 263 g/mol. The summed E-state index contributed by atoms with van der Waals surface area (Å²) >= 11 is 1.15. The van der Waals surface area contributed by atoms with Crippen LogP contribution in [-0.4, -0.2) is 22.3 Å². The zero-order valence-corrected chi connectivity index (χ0v) is 10.1. The molecule has 2 aromatic rings. The smallest absolute Gasteiger partial charge is 0.273 e. The number of rotatable bonds is 3. The normalized spacial score (nSPS) is 12.4. The molecule has 6 nitrogen and oxygen atoms in total. The highest BCUT2D eigenvalue weighted by Gasteiger charge is 2.14. The molecule has 1 aliphatic rings. The van der Waals surface area contributed by atoms with Gasteiger partial charge >= 0.3 is 0 Å². The van der Waals surface area contributed by atoms with Gasteiger partial charge in [0.25, 0.3) is 5.91 Å². The largest absolute Gasteiger partial charge is 0.454 e. The average Bonchev–Trinajstić information content (AvgIpc) is 3.05. The van der Waals surface area contributed by atoms with Crippen LogP contribution in [0.3, 0.4) is 0 Å². The van der Waals surface area contributed by atoms with E-state index in [4.69, 9.17) is 9.47 Å². The summed E-state index contributed by atoms with van der Waals surface area (Å²) in [6.07, 6.45) is 0. The first-order valence-electron chi connectivity index (χ1n) is 5.27. The molecule has 18 heavy (non-hydrogen) atoms. The van der Waals surface area contributed by atoms with Crippen molar-refractivity contribution < 1.29 is 14.3 Å². The Balaban J connectivity index is 1.65. The van der Waals surface area contributed by atoms with E-state index in [1.807, 2.05) is 18.2 Å². The number of amides is 1. The number of carbonyl (C=O) groups is 1. The molecule has 0 bridgehead atoms. The lowest BCUT2D eigenvalue weighted by Crippen LogP contribution is -2.23. The lowest BCUT2D eigenvalue weighted by Gasteiger charge is -2.04. The van der Waals surface area contributed by atoms with Crippen LogP contribution < -0.4 is 14.8 Å². The van der Waals surface area contributed by atoms with E-state index < -0.39 is 0 Å². The van der Waals surface area contributed by atoms with Crippen molar-refractivity contribution in [2.45, 2.75) is 6.54 Å². The molecule has 0 radical (unpaired) electrons. The van der Waals surface area contributed by atoms with Crippen molar-refractivity contribution in [3.8, 4) is 11.5 Å². The van der Waals surface area contributed by atoms with Crippen molar-refractivity contribution in [1.29, 1.82) is 0 Å². The Morgan fingerprint density at radius 2 is 2.28 bits per heavy atom. The Morgan fingerprint density at radius 1 is 1.39 bits per heavy atom. The van der Waals surface area contributed by atoms with Crippen LogP contribution in [0.15, 0.2) is 23.6 Å². The SMILES string of the molecule is O=C(NCc1ccc2c(c1)OCO2)c1csnn1. The second kappa shape index (κ2) is 4.61. The third-order valence-corrected chi connectivity index (χ3v) is 2.99. The van der Waals surface area contributed by atoms with Crippen molar-refractivity contribution in [1.82, 2.24) is 14.9 Å². The van der Waals surface area contributed by atoms with Crippen molar-refractivity contribution in [2.24, 2.45) is 0 Å². The van der Waals surface area contributed by atoms with Gasteiger partial charge in [0.1, 0.15) is 0 Å². The number of benzene rings is 1. The molecule has 1 N–H and O–H groups in total. The summed E-state index contributed by atoms with van der Waals surface area (Å²) in [7, 11) is 0. The van der Waals surface area contributed by atoms with Crippen LogP contribution in [0.5, 0.6) is 11.5 Å². The number of fused-ring (bicyclic) bond motifs is 1. The highest BCUT2D eigenvalue weighted by atomic mass is 32.1. The van der Waals surface area contributed by atoms with E-state index in [-0.39, 0.29) is 12.7 Å². The van der Waals surface area contributed by atoms with Gasteiger partial charge in [-0.25, -0.2) is 0 Å². The number of carbonyl (C=O) groups excluding carboxylic acids is 1. The van der Waals surface area contributed by atoms with E-state index in [1.54, 1.807) is 5.38 Å². The van der Waals surface area contributed by atoms with Gasteiger partial charge in [-0.3, -0.25) is 4.79 Å². The molecule has 2 heterocycles. The van der Waals surface area contributed by atoms with Gasteiger partial charge in [0, 0.05) is 11.9 Å². The van der Waals surface area contributed by atoms with Crippen LogP contribution in [0.1, 0.15) is 16.1 Å². The van der Waals surface area contributed by atoms with Gasteiger partial charge in [0.2, 0.25) is 6.79 Å². The van der Waals surface area contributed by atoms with Crippen LogP contribution in [-0.2, 0) is 6.54 Å². The monoisotopic (exact) mass is 263 g/mol. The second-order valence-electron chi connectivity index (χ2n) is 3.66. The summed E-state index contributed by atoms with van der Waals surface area (Å²) < 4.78 is 14.1. The lowest BCUT2D eigenvalue weighted by atomic mass is 10.2. The van der Waals surface area contributed by atoms with E-state index in [2.05, 4.69) is 14.9 Å². The first-order valence-corrected chi connectivity index (χ1v) is 6.10. The van der Waals surface area contributed by atoms with Crippen LogP contribution in [0.4, 0.5) is 0 Å². The van der Waals surface area contributed by atoms with Crippen molar-refractivity contribution in [2.75, 3.05) is 6.79 Å². The standard InChI is InChI=1S/C11H9N3O3S/c15-11(8-5-18-14-13-8)12-4-7-1-2-9-10(3-7)17-6-16-9/h1-3,5H,4,6H2,(H,12,15). The molecule has 0 unspecified atom stereocenters. The van der Waals surface area contributed by atoms with Crippen LogP contribution in [0.25, 0.3) is 0 Å². The van der Waals surface area contributed by atoms with E-state index in [1.165, 1.54) is 0 Å². The zero-order valence-electron chi connectivity index (χ0n) is 9.25. The Bertz CT molecular complexity index is 571. The van der Waals surface area contributed by atoms with Gasteiger partial charge in [-0.05, 0) is 29.2 Å². The van der Waals surface area contributed by atoms with E-state index >= 15 is 0 Å². The van der Waals surface area contributed by atoms with E-state index in [0.717, 1.165) is 22.8 Å². The lowest BCUT2D eigenvalue weighted by molar-refractivity contribution is 0.0946. The van der Waals surface area contributed by atoms with E-state index in [9.17, 15) is 4.79 Å². The van der Waals surface area contributed by atoms with Crippen LogP contribution >= 0.6 is 11.5 Å². The summed E-state index contributed by atoms with van der Waals surface area (Å²) in [5, 5.41) is 8.07. The van der Waals surface area contributed by atoms with Gasteiger partial charge in [0.05, 0.1) is 0 Å². The predicted molar refractivity (Wildman–Crippen MR) is 63.6 cm³/mol. The van der Waals surface area contributed by atoms with Crippen molar-refractivity contribution >= 4 is 17.4 Å². The van der Waals surface area contributed by atoms with Crippen LogP contribution in [0, 0.1) is 0 Å². The van der Waals surface area contributed by atoms with Crippen molar-refractivity contribution in [3.63, 3.8) is 0 Å². The molecule has 1 aliphatic heterocycles.